The van der Waals surface area contributed by atoms with Gasteiger partial charge in [0.2, 0.25) is 0 Å². The van der Waals surface area contributed by atoms with Gasteiger partial charge < -0.3 is 24.4 Å². The van der Waals surface area contributed by atoms with Crippen molar-refractivity contribution in [1.29, 1.82) is 0 Å². The average Bonchev–Trinajstić information content (AvgIpc) is 2.89. The highest BCUT2D eigenvalue weighted by Gasteiger charge is 2.36. The molecule has 0 aliphatic carbocycles. The van der Waals surface area contributed by atoms with Crippen LogP contribution in [0.1, 0.15) is 48.2 Å². The summed E-state index contributed by atoms with van der Waals surface area (Å²) in [4.78, 5) is 52.4. The van der Waals surface area contributed by atoms with E-state index in [4.69, 9.17) is 4.74 Å². The van der Waals surface area contributed by atoms with Crippen molar-refractivity contribution < 1.29 is 19.2 Å². The lowest BCUT2D eigenvalue weighted by Crippen LogP contribution is -2.47. The van der Waals surface area contributed by atoms with E-state index in [1.54, 1.807) is 36.1 Å². The minimum absolute atomic E-state index is 0.00596. The van der Waals surface area contributed by atoms with Crippen molar-refractivity contribution in [3.63, 3.8) is 0 Å². The molecule has 2 unspecified atom stereocenters. The molecule has 2 amide bonds. The summed E-state index contributed by atoms with van der Waals surface area (Å²) < 4.78 is 6.86. The predicted molar refractivity (Wildman–Crippen MR) is 136 cm³/mol. The molecule has 2 bridgehead atoms. The predicted octanol–water partition coefficient (Wildman–Crippen LogP) is 2.73. The number of hydrogen-bond donors (Lipinski definition) is 1. The number of rotatable bonds is 5. The number of anilines is 1. The molecule has 5 rings (SSSR count). The van der Waals surface area contributed by atoms with Gasteiger partial charge in [0.25, 0.3) is 17.2 Å². The molecule has 3 aliphatic heterocycles. The minimum Gasteiger partial charge on any atom is -0.450 e. The molecule has 11 heteroatoms. The monoisotopic (exact) mass is 509 g/mol. The van der Waals surface area contributed by atoms with Crippen molar-refractivity contribution in [3.05, 3.63) is 68.1 Å². The highest BCUT2D eigenvalue weighted by molar-refractivity contribution is 5.96. The maximum atomic E-state index is 12.9. The Morgan fingerprint density at radius 2 is 1.92 bits per heavy atom. The molecule has 0 radical (unpaired) electrons. The second-order valence-corrected chi connectivity index (χ2v) is 10.00. The Hall–Kier alpha value is -3.89. The van der Waals surface area contributed by atoms with Gasteiger partial charge in [-0.3, -0.25) is 19.7 Å². The summed E-state index contributed by atoms with van der Waals surface area (Å²) in [6, 6.07) is 9.82. The molecule has 11 nitrogen and oxygen atoms in total. The topological polar surface area (TPSA) is 127 Å². The lowest BCUT2D eigenvalue weighted by atomic mass is 9.83. The van der Waals surface area contributed by atoms with Gasteiger partial charge in [-0.2, -0.15) is 0 Å². The summed E-state index contributed by atoms with van der Waals surface area (Å²) >= 11 is 0. The number of piperidine rings is 2. The third kappa shape index (κ3) is 5.03. The van der Waals surface area contributed by atoms with Crippen molar-refractivity contribution in [3.8, 4) is 0 Å². The highest BCUT2D eigenvalue weighted by atomic mass is 16.6. The Balaban J connectivity index is 1.29. The Morgan fingerprint density at radius 3 is 2.65 bits per heavy atom. The Morgan fingerprint density at radius 1 is 1.14 bits per heavy atom. The lowest BCUT2D eigenvalue weighted by Gasteiger charge is -2.43. The zero-order valence-electron chi connectivity index (χ0n) is 20.8. The molecule has 3 aliphatic rings. The molecule has 2 aromatic rings. The fourth-order valence-electron chi connectivity index (χ4n) is 5.86. The number of nitro benzene ring substituents is 1. The van der Waals surface area contributed by atoms with E-state index >= 15 is 0 Å². The first-order chi connectivity index (χ1) is 17.8. The van der Waals surface area contributed by atoms with Crippen molar-refractivity contribution >= 4 is 23.4 Å². The fourth-order valence-corrected chi connectivity index (χ4v) is 5.86. The summed E-state index contributed by atoms with van der Waals surface area (Å²) in [5.41, 5.74) is 1.59. The van der Waals surface area contributed by atoms with Gasteiger partial charge in [0, 0.05) is 68.1 Å². The van der Waals surface area contributed by atoms with Crippen LogP contribution < -0.4 is 15.8 Å². The molecule has 4 heterocycles. The molecule has 0 spiro atoms. The molecule has 1 aromatic heterocycles. The standard InChI is InChI=1S/C26H31N5O6/c1-2-37-26(34)28-10-8-20(9-11-28)27-25(33)18-6-7-22(23(13-18)31(35)36)29-14-17-12-19(16-29)21-4-3-5-24(32)30(21)15-17/h3-7,13,17,19-20H,2,8-12,14-16H2,1H3,(H,27,33). The number of nitro groups is 1. The van der Waals surface area contributed by atoms with Gasteiger partial charge in [-0.1, -0.05) is 6.07 Å². The number of ether oxygens (including phenoxy) is 1. The van der Waals surface area contributed by atoms with Crippen LogP contribution in [0.4, 0.5) is 16.2 Å². The maximum Gasteiger partial charge on any atom is 0.409 e. The molecule has 37 heavy (non-hydrogen) atoms. The number of hydrogen-bond acceptors (Lipinski definition) is 7. The van der Waals surface area contributed by atoms with E-state index in [-0.39, 0.29) is 46.7 Å². The van der Waals surface area contributed by atoms with Gasteiger partial charge in [-0.05, 0) is 50.3 Å². The Bertz CT molecular complexity index is 1270. The summed E-state index contributed by atoms with van der Waals surface area (Å²) in [5, 5.41) is 15.0. The molecule has 2 saturated heterocycles. The summed E-state index contributed by atoms with van der Waals surface area (Å²) in [6.07, 6.45) is 1.77. The van der Waals surface area contributed by atoms with E-state index in [0.29, 0.717) is 57.9 Å². The quantitative estimate of drug-likeness (QED) is 0.485. The second-order valence-electron chi connectivity index (χ2n) is 10.00. The molecule has 196 valence electrons. The molecular weight excluding hydrogens is 478 g/mol. The zero-order chi connectivity index (χ0) is 26.1. The van der Waals surface area contributed by atoms with Crippen LogP contribution in [0.25, 0.3) is 0 Å². The van der Waals surface area contributed by atoms with Crippen LogP contribution in [0, 0.1) is 16.0 Å². The summed E-state index contributed by atoms with van der Waals surface area (Å²) in [7, 11) is 0. The smallest absolute Gasteiger partial charge is 0.409 e. The molecule has 2 atom stereocenters. The van der Waals surface area contributed by atoms with Crippen LogP contribution in [-0.2, 0) is 11.3 Å². The van der Waals surface area contributed by atoms with Crippen LogP contribution >= 0.6 is 0 Å². The number of benzene rings is 1. The number of nitrogens with zero attached hydrogens (tertiary/aromatic N) is 4. The highest BCUT2D eigenvalue weighted by Crippen LogP contribution is 2.39. The van der Waals surface area contributed by atoms with Crippen molar-refractivity contribution in [2.24, 2.45) is 5.92 Å². The average molecular weight is 510 g/mol. The number of pyridine rings is 1. The normalized spacial score (nSPS) is 21.2. The van der Waals surface area contributed by atoms with Crippen molar-refractivity contribution in [2.45, 2.75) is 44.7 Å². The molecular formula is C26H31N5O6. The van der Waals surface area contributed by atoms with Crippen molar-refractivity contribution in [2.75, 3.05) is 37.7 Å². The number of likely N-dealkylation sites (tertiary alicyclic amines) is 1. The first kappa shape index (κ1) is 24.8. The summed E-state index contributed by atoms with van der Waals surface area (Å²) in [5.74, 6) is -0.0353. The van der Waals surface area contributed by atoms with Crippen molar-refractivity contribution in [1.82, 2.24) is 14.8 Å². The van der Waals surface area contributed by atoms with Gasteiger partial charge in [-0.15, -0.1) is 0 Å². The SMILES string of the molecule is CCOC(=O)N1CCC(NC(=O)c2ccc(N3CC4CC(C3)c3cccc(=O)n3C4)c([N+](=O)[O-])c2)CC1. The number of carbonyl (C=O) groups is 2. The molecule has 1 N–H and O–H groups in total. The Kier molecular flexibility index (Phi) is 6.86. The van der Waals surface area contributed by atoms with Crippen LogP contribution in [0.2, 0.25) is 0 Å². The maximum absolute atomic E-state index is 12.9. The van der Waals surface area contributed by atoms with E-state index < -0.39 is 4.92 Å². The van der Waals surface area contributed by atoms with E-state index in [1.807, 2.05) is 15.5 Å². The van der Waals surface area contributed by atoms with Crippen LogP contribution in [0.3, 0.4) is 0 Å². The van der Waals surface area contributed by atoms with Crippen LogP contribution in [0.5, 0.6) is 0 Å². The fraction of sp³-hybridized carbons (Fsp3) is 0.500. The Labute approximate surface area is 214 Å². The van der Waals surface area contributed by atoms with Crippen LogP contribution in [-0.4, -0.2) is 65.2 Å². The van der Waals surface area contributed by atoms with E-state index in [9.17, 15) is 24.5 Å². The number of carbonyl (C=O) groups excluding carboxylic acids is 2. The minimum atomic E-state index is -0.438. The largest absolute Gasteiger partial charge is 0.450 e. The number of aromatic nitrogens is 1. The number of amides is 2. The van der Waals surface area contributed by atoms with E-state index in [1.165, 1.54) is 6.07 Å². The van der Waals surface area contributed by atoms with E-state index in [2.05, 4.69) is 5.32 Å². The van der Waals surface area contributed by atoms with E-state index in [0.717, 1.165) is 12.1 Å². The summed E-state index contributed by atoms with van der Waals surface area (Å²) in [6.45, 7) is 4.83. The third-order valence-corrected chi connectivity index (χ3v) is 7.61. The van der Waals surface area contributed by atoms with Gasteiger partial charge in [-0.25, -0.2) is 4.79 Å². The second kappa shape index (κ2) is 10.2. The van der Waals surface area contributed by atoms with Crippen LogP contribution in [0.15, 0.2) is 41.2 Å². The first-order valence-electron chi connectivity index (χ1n) is 12.8. The van der Waals surface area contributed by atoms with Gasteiger partial charge in [0.05, 0.1) is 11.5 Å². The zero-order valence-corrected chi connectivity index (χ0v) is 20.8. The third-order valence-electron chi connectivity index (χ3n) is 7.61. The van der Waals surface area contributed by atoms with Gasteiger partial charge in [0.15, 0.2) is 0 Å². The molecule has 2 fully saturated rings. The molecule has 1 aromatic carbocycles. The van der Waals surface area contributed by atoms with Gasteiger partial charge in [0.1, 0.15) is 5.69 Å². The lowest BCUT2D eigenvalue weighted by molar-refractivity contribution is -0.384. The number of fused-ring (bicyclic) bond motifs is 4. The first-order valence-corrected chi connectivity index (χ1v) is 12.8. The van der Waals surface area contributed by atoms with Gasteiger partial charge >= 0.3 is 6.09 Å². The molecule has 0 saturated carbocycles. The number of nitrogens with one attached hydrogen (secondary N) is 1.